The van der Waals surface area contributed by atoms with E-state index in [0.29, 0.717) is 12.3 Å². The number of benzene rings is 2. The Bertz CT molecular complexity index is 765. The third-order valence-electron chi connectivity index (χ3n) is 4.54. The molecule has 0 bridgehead atoms. The molecular weight excluding hydrogens is 359 g/mol. The molecule has 0 aromatic heterocycles. The Morgan fingerprint density at radius 3 is 2.32 bits per heavy atom. The summed E-state index contributed by atoms with van der Waals surface area (Å²) in [5, 5.41) is 2.92. The van der Waals surface area contributed by atoms with Crippen molar-refractivity contribution < 1.29 is 18.7 Å². The monoisotopic (exact) mass is 386 g/mol. The minimum atomic E-state index is -0.654. The molecule has 6 heteroatoms. The second kappa shape index (κ2) is 10.4. The highest BCUT2D eigenvalue weighted by molar-refractivity contribution is 5.88. The zero-order chi connectivity index (χ0) is 20.5. The molecule has 2 rings (SSSR count). The van der Waals surface area contributed by atoms with Crippen LogP contribution in [0.5, 0.6) is 5.75 Å². The predicted molar refractivity (Wildman–Crippen MR) is 106 cm³/mol. The largest absolute Gasteiger partial charge is 0.484 e. The maximum Gasteiger partial charge on any atom is 0.261 e. The second-order valence-electron chi connectivity index (χ2n) is 6.74. The number of amides is 2. The molecule has 0 heterocycles. The van der Waals surface area contributed by atoms with Gasteiger partial charge in [-0.25, -0.2) is 4.39 Å². The zero-order valence-corrected chi connectivity index (χ0v) is 16.5. The average molecular weight is 386 g/mol. The van der Waals surface area contributed by atoms with E-state index in [1.165, 1.54) is 29.2 Å². The third kappa shape index (κ3) is 6.37. The van der Waals surface area contributed by atoms with Crippen LogP contribution < -0.4 is 10.1 Å². The number of rotatable bonds is 9. The zero-order valence-electron chi connectivity index (χ0n) is 16.5. The van der Waals surface area contributed by atoms with Gasteiger partial charge < -0.3 is 15.0 Å². The molecule has 0 aliphatic carbocycles. The van der Waals surface area contributed by atoms with Crippen molar-refractivity contribution in [1.29, 1.82) is 0 Å². The lowest BCUT2D eigenvalue weighted by Gasteiger charge is -2.29. The van der Waals surface area contributed by atoms with E-state index in [0.717, 1.165) is 12.0 Å². The minimum absolute atomic E-state index is 0.0269. The van der Waals surface area contributed by atoms with Crippen molar-refractivity contribution in [2.45, 2.75) is 45.8 Å². The summed E-state index contributed by atoms with van der Waals surface area (Å²) in [6.45, 7) is 5.67. The Morgan fingerprint density at radius 1 is 1.07 bits per heavy atom. The van der Waals surface area contributed by atoms with Gasteiger partial charge in [-0.15, -0.1) is 0 Å². The van der Waals surface area contributed by atoms with E-state index in [2.05, 4.69) is 5.32 Å². The first-order valence-corrected chi connectivity index (χ1v) is 9.42. The molecule has 0 saturated carbocycles. The highest BCUT2D eigenvalue weighted by Gasteiger charge is 2.27. The summed E-state index contributed by atoms with van der Waals surface area (Å²) in [6, 6.07) is 14.3. The molecular formula is C22H27FN2O3. The first-order chi connectivity index (χ1) is 13.4. The van der Waals surface area contributed by atoms with Gasteiger partial charge in [-0.1, -0.05) is 37.3 Å². The van der Waals surface area contributed by atoms with Gasteiger partial charge in [0.05, 0.1) is 0 Å². The Morgan fingerprint density at radius 2 is 1.71 bits per heavy atom. The van der Waals surface area contributed by atoms with Gasteiger partial charge in [0.2, 0.25) is 5.91 Å². The van der Waals surface area contributed by atoms with Gasteiger partial charge in [-0.05, 0) is 50.1 Å². The van der Waals surface area contributed by atoms with Crippen molar-refractivity contribution in [3.63, 3.8) is 0 Å². The summed E-state index contributed by atoms with van der Waals surface area (Å²) < 4.78 is 18.5. The Labute approximate surface area is 165 Å². The molecule has 0 fully saturated rings. The van der Waals surface area contributed by atoms with E-state index in [1.54, 1.807) is 6.92 Å². The van der Waals surface area contributed by atoms with Gasteiger partial charge in [0.25, 0.3) is 5.91 Å². The smallest absolute Gasteiger partial charge is 0.261 e. The Balaban J connectivity index is 2.10. The summed E-state index contributed by atoms with van der Waals surface area (Å²) in [7, 11) is 0. The molecule has 28 heavy (non-hydrogen) atoms. The molecule has 0 aliphatic rings. The maximum atomic E-state index is 13.0. The molecule has 0 saturated heterocycles. The van der Waals surface area contributed by atoms with Crippen molar-refractivity contribution in [3.05, 3.63) is 66.0 Å². The SMILES string of the molecule is CC[C@@H](C)NC(=O)[C@H](C)N(Cc1ccccc1)C(=O)COc1ccc(F)cc1. The van der Waals surface area contributed by atoms with Crippen LogP contribution in [0.1, 0.15) is 32.8 Å². The van der Waals surface area contributed by atoms with E-state index < -0.39 is 6.04 Å². The van der Waals surface area contributed by atoms with Crippen LogP contribution in [0, 0.1) is 5.82 Å². The highest BCUT2D eigenvalue weighted by atomic mass is 19.1. The predicted octanol–water partition coefficient (Wildman–Crippen LogP) is 3.54. The first-order valence-electron chi connectivity index (χ1n) is 9.42. The van der Waals surface area contributed by atoms with Crippen molar-refractivity contribution in [1.82, 2.24) is 10.2 Å². The summed E-state index contributed by atoms with van der Waals surface area (Å²) >= 11 is 0. The quantitative estimate of drug-likeness (QED) is 0.717. The molecule has 5 nitrogen and oxygen atoms in total. The molecule has 150 valence electrons. The maximum absolute atomic E-state index is 13.0. The van der Waals surface area contributed by atoms with Crippen molar-refractivity contribution in [2.24, 2.45) is 0 Å². The van der Waals surface area contributed by atoms with Crippen LogP contribution in [0.3, 0.4) is 0 Å². The number of hydrogen-bond donors (Lipinski definition) is 1. The summed E-state index contributed by atoms with van der Waals surface area (Å²) in [6.07, 6.45) is 0.804. The summed E-state index contributed by atoms with van der Waals surface area (Å²) in [4.78, 5) is 26.9. The average Bonchev–Trinajstić information content (AvgIpc) is 2.71. The number of ether oxygens (including phenoxy) is 1. The second-order valence-corrected chi connectivity index (χ2v) is 6.74. The van der Waals surface area contributed by atoms with Crippen molar-refractivity contribution >= 4 is 11.8 Å². The fraction of sp³-hybridized carbons (Fsp3) is 0.364. The molecule has 2 amide bonds. The molecule has 0 spiro atoms. The highest BCUT2D eigenvalue weighted by Crippen LogP contribution is 2.13. The molecule has 0 aliphatic heterocycles. The lowest BCUT2D eigenvalue weighted by molar-refractivity contribution is -0.142. The number of halogens is 1. The number of carbonyl (C=O) groups is 2. The number of carbonyl (C=O) groups excluding carboxylic acids is 2. The molecule has 0 radical (unpaired) electrons. The van der Waals surface area contributed by atoms with Crippen LogP contribution in [0.25, 0.3) is 0 Å². The first kappa shape index (κ1) is 21.4. The fourth-order valence-corrected chi connectivity index (χ4v) is 2.59. The Hall–Kier alpha value is -2.89. The van der Waals surface area contributed by atoms with E-state index in [9.17, 15) is 14.0 Å². The fourth-order valence-electron chi connectivity index (χ4n) is 2.59. The number of nitrogens with zero attached hydrogens (tertiary/aromatic N) is 1. The van der Waals surface area contributed by atoms with Gasteiger partial charge in [0.15, 0.2) is 6.61 Å². The van der Waals surface area contributed by atoms with Crippen LogP contribution in [-0.2, 0) is 16.1 Å². The number of nitrogens with one attached hydrogen (secondary N) is 1. The van der Waals surface area contributed by atoms with Gasteiger partial charge in [0.1, 0.15) is 17.6 Å². The van der Waals surface area contributed by atoms with Crippen LogP contribution in [-0.4, -0.2) is 35.4 Å². The van der Waals surface area contributed by atoms with Crippen molar-refractivity contribution in [3.8, 4) is 5.75 Å². The van der Waals surface area contributed by atoms with Crippen LogP contribution in [0.4, 0.5) is 4.39 Å². The topological polar surface area (TPSA) is 58.6 Å². The summed E-state index contributed by atoms with van der Waals surface area (Å²) in [5.74, 6) is -0.508. The standard InChI is InChI=1S/C22H27FN2O3/c1-4-16(2)24-22(27)17(3)25(14-18-8-6-5-7-9-18)21(26)15-28-20-12-10-19(23)11-13-20/h5-13,16-17H,4,14-15H2,1-3H3,(H,24,27)/t16-,17+/m1/s1. The lowest BCUT2D eigenvalue weighted by Crippen LogP contribution is -2.50. The van der Waals surface area contributed by atoms with E-state index in [1.807, 2.05) is 44.2 Å². The molecule has 0 unspecified atom stereocenters. The van der Waals surface area contributed by atoms with Gasteiger partial charge in [-0.3, -0.25) is 9.59 Å². The molecule has 2 aromatic carbocycles. The van der Waals surface area contributed by atoms with Gasteiger partial charge in [-0.2, -0.15) is 0 Å². The molecule has 2 atom stereocenters. The van der Waals surface area contributed by atoms with E-state index in [-0.39, 0.29) is 30.3 Å². The lowest BCUT2D eigenvalue weighted by atomic mass is 10.1. The summed E-state index contributed by atoms with van der Waals surface area (Å²) in [5.41, 5.74) is 0.917. The van der Waals surface area contributed by atoms with Crippen molar-refractivity contribution in [2.75, 3.05) is 6.61 Å². The van der Waals surface area contributed by atoms with Crippen LogP contribution in [0.2, 0.25) is 0 Å². The molecule has 1 N–H and O–H groups in total. The normalized spacial score (nSPS) is 12.7. The molecule has 2 aromatic rings. The van der Waals surface area contributed by atoms with E-state index in [4.69, 9.17) is 4.74 Å². The number of hydrogen-bond acceptors (Lipinski definition) is 3. The van der Waals surface area contributed by atoms with Crippen LogP contribution >= 0.6 is 0 Å². The Kier molecular flexibility index (Phi) is 7.99. The van der Waals surface area contributed by atoms with E-state index >= 15 is 0 Å². The van der Waals surface area contributed by atoms with Gasteiger partial charge >= 0.3 is 0 Å². The third-order valence-corrected chi connectivity index (χ3v) is 4.54. The minimum Gasteiger partial charge on any atom is -0.484 e. The van der Waals surface area contributed by atoms with Crippen LogP contribution in [0.15, 0.2) is 54.6 Å². The van der Waals surface area contributed by atoms with Gasteiger partial charge in [0, 0.05) is 12.6 Å².